The fraction of sp³-hybridized carbons (Fsp3) is 0.667. The van der Waals surface area contributed by atoms with Crippen LogP contribution in [0.1, 0.15) is 31.2 Å². The zero-order valence-corrected chi connectivity index (χ0v) is 10.7. The SMILES string of the molecule is Cc1nn(CC(=O)NCC2(C)CC2)c(C)c1N. The van der Waals surface area contributed by atoms with Crippen LogP contribution in [-0.2, 0) is 11.3 Å². The molecule has 0 aliphatic heterocycles. The Morgan fingerprint density at radius 1 is 1.53 bits per heavy atom. The molecule has 1 aromatic heterocycles. The first-order valence-corrected chi connectivity index (χ1v) is 5.97. The number of carbonyl (C=O) groups excluding carboxylic acids is 1. The van der Waals surface area contributed by atoms with E-state index in [2.05, 4.69) is 17.3 Å². The van der Waals surface area contributed by atoms with Gasteiger partial charge in [-0.15, -0.1) is 0 Å². The lowest BCUT2D eigenvalue weighted by Gasteiger charge is -2.10. The molecule has 1 heterocycles. The monoisotopic (exact) mass is 236 g/mol. The molecule has 0 bridgehead atoms. The van der Waals surface area contributed by atoms with Gasteiger partial charge in [-0.05, 0) is 32.1 Å². The zero-order chi connectivity index (χ0) is 12.6. The number of aryl methyl sites for hydroxylation is 1. The summed E-state index contributed by atoms with van der Waals surface area (Å²) in [6, 6.07) is 0. The summed E-state index contributed by atoms with van der Waals surface area (Å²) in [7, 11) is 0. The molecule has 5 nitrogen and oxygen atoms in total. The van der Waals surface area contributed by atoms with E-state index < -0.39 is 0 Å². The van der Waals surface area contributed by atoms with Gasteiger partial charge in [0.2, 0.25) is 5.91 Å². The molecule has 1 saturated carbocycles. The molecule has 2 rings (SSSR count). The van der Waals surface area contributed by atoms with Crippen LogP contribution in [0.3, 0.4) is 0 Å². The first-order valence-electron chi connectivity index (χ1n) is 5.97. The predicted octanol–water partition coefficient (Wildman–Crippen LogP) is 0.998. The molecule has 1 aliphatic carbocycles. The van der Waals surface area contributed by atoms with Crippen molar-refractivity contribution in [3.63, 3.8) is 0 Å². The third kappa shape index (κ3) is 2.60. The highest BCUT2D eigenvalue weighted by atomic mass is 16.2. The number of rotatable bonds is 4. The Morgan fingerprint density at radius 3 is 2.65 bits per heavy atom. The maximum Gasteiger partial charge on any atom is 0.241 e. The minimum Gasteiger partial charge on any atom is -0.396 e. The van der Waals surface area contributed by atoms with E-state index in [4.69, 9.17) is 5.73 Å². The molecule has 1 aromatic rings. The normalized spacial score (nSPS) is 16.9. The average molecular weight is 236 g/mol. The van der Waals surface area contributed by atoms with Gasteiger partial charge in [0.15, 0.2) is 0 Å². The molecule has 0 spiro atoms. The van der Waals surface area contributed by atoms with Gasteiger partial charge in [-0.3, -0.25) is 9.48 Å². The quantitative estimate of drug-likeness (QED) is 0.819. The fourth-order valence-corrected chi connectivity index (χ4v) is 1.76. The number of anilines is 1. The number of nitrogens with zero attached hydrogens (tertiary/aromatic N) is 2. The molecule has 0 radical (unpaired) electrons. The van der Waals surface area contributed by atoms with E-state index in [-0.39, 0.29) is 12.5 Å². The van der Waals surface area contributed by atoms with E-state index >= 15 is 0 Å². The van der Waals surface area contributed by atoms with Gasteiger partial charge in [0.05, 0.1) is 17.1 Å². The number of hydrogen-bond donors (Lipinski definition) is 2. The topological polar surface area (TPSA) is 72.9 Å². The van der Waals surface area contributed by atoms with Gasteiger partial charge < -0.3 is 11.1 Å². The summed E-state index contributed by atoms with van der Waals surface area (Å²) < 4.78 is 1.66. The van der Waals surface area contributed by atoms with Crippen LogP contribution in [0, 0.1) is 19.3 Å². The Kier molecular flexibility index (Phi) is 2.85. The number of carbonyl (C=O) groups is 1. The fourth-order valence-electron chi connectivity index (χ4n) is 1.76. The second kappa shape index (κ2) is 4.05. The third-order valence-electron chi connectivity index (χ3n) is 3.55. The molecule has 0 atom stereocenters. The van der Waals surface area contributed by atoms with Crippen LogP contribution in [0.4, 0.5) is 5.69 Å². The third-order valence-corrected chi connectivity index (χ3v) is 3.55. The first kappa shape index (κ1) is 12.0. The highest BCUT2D eigenvalue weighted by Gasteiger charge is 2.37. The summed E-state index contributed by atoms with van der Waals surface area (Å²) in [5.74, 6) is 0.00345. The number of nitrogens with one attached hydrogen (secondary N) is 1. The van der Waals surface area contributed by atoms with Crippen molar-refractivity contribution in [2.75, 3.05) is 12.3 Å². The minimum atomic E-state index is 0.00345. The molecule has 0 unspecified atom stereocenters. The Bertz CT molecular complexity index is 446. The molecule has 3 N–H and O–H groups in total. The lowest BCUT2D eigenvalue weighted by Crippen LogP contribution is -2.32. The van der Waals surface area contributed by atoms with Crippen LogP contribution in [0.25, 0.3) is 0 Å². The van der Waals surface area contributed by atoms with E-state index in [9.17, 15) is 4.79 Å². The first-order chi connectivity index (χ1) is 7.91. The van der Waals surface area contributed by atoms with Gasteiger partial charge in [-0.2, -0.15) is 5.10 Å². The number of nitrogens with two attached hydrogens (primary N) is 1. The molecule has 5 heteroatoms. The van der Waals surface area contributed by atoms with E-state index in [0.29, 0.717) is 11.1 Å². The number of aromatic nitrogens is 2. The van der Waals surface area contributed by atoms with Crippen molar-refractivity contribution in [3.05, 3.63) is 11.4 Å². The second-order valence-corrected chi connectivity index (χ2v) is 5.33. The van der Waals surface area contributed by atoms with Crippen LogP contribution in [0.2, 0.25) is 0 Å². The maximum atomic E-state index is 11.7. The minimum absolute atomic E-state index is 0.00345. The summed E-state index contributed by atoms with van der Waals surface area (Å²) in [6.07, 6.45) is 2.42. The van der Waals surface area contributed by atoms with Crippen LogP contribution < -0.4 is 11.1 Å². The highest BCUT2D eigenvalue weighted by Crippen LogP contribution is 2.43. The summed E-state index contributed by atoms with van der Waals surface area (Å²) >= 11 is 0. The Balaban J connectivity index is 1.91. The van der Waals surface area contributed by atoms with Gasteiger partial charge in [-0.25, -0.2) is 0 Å². The van der Waals surface area contributed by atoms with Crippen molar-refractivity contribution >= 4 is 11.6 Å². The van der Waals surface area contributed by atoms with Crippen molar-refractivity contribution in [1.29, 1.82) is 0 Å². The maximum absolute atomic E-state index is 11.7. The van der Waals surface area contributed by atoms with E-state index in [1.54, 1.807) is 4.68 Å². The van der Waals surface area contributed by atoms with Gasteiger partial charge in [0, 0.05) is 6.54 Å². The van der Waals surface area contributed by atoms with Gasteiger partial charge >= 0.3 is 0 Å². The Labute approximate surface area is 101 Å². The highest BCUT2D eigenvalue weighted by molar-refractivity contribution is 5.76. The van der Waals surface area contributed by atoms with Crippen molar-refractivity contribution in [3.8, 4) is 0 Å². The zero-order valence-electron chi connectivity index (χ0n) is 10.7. The number of amides is 1. The molecule has 0 aromatic carbocycles. The summed E-state index contributed by atoms with van der Waals surface area (Å²) in [5.41, 5.74) is 8.47. The Hall–Kier alpha value is -1.52. The van der Waals surface area contributed by atoms with Gasteiger partial charge in [0.1, 0.15) is 6.54 Å². The molecule has 94 valence electrons. The summed E-state index contributed by atoms with van der Waals surface area (Å²) in [6.45, 7) is 6.93. The predicted molar refractivity (Wildman–Crippen MR) is 66.5 cm³/mol. The van der Waals surface area contributed by atoms with Crippen molar-refractivity contribution in [1.82, 2.24) is 15.1 Å². The molecular formula is C12H20N4O. The largest absolute Gasteiger partial charge is 0.396 e. The lowest BCUT2D eigenvalue weighted by molar-refractivity contribution is -0.122. The molecule has 1 amide bonds. The molecular weight excluding hydrogens is 216 g/mol. The van der Waals surface area contributed by atoms with Crippen LogP contribution in [-0.4, -0.2) is 22.2 Å². The van der Waals surface area contributed by atoms with Crippen LogP contribution in [0.15, 0.2) is 0 Å². The van der Waals surface area contributed by atoms with Gasteiger partial charge in [0.25, 0.3) is 0 Å². The molecule has 17 heavy (non-hydrogen) atoms. The average Bonchev–Trinajstić information content (AvgIpc) is 2.97. The molecule has 0 saturated heterocycles. The summed E-state index contributed by atoms with van der Waals surface area (Å²) in [5, 5.41) is 7.19. The smallest absolute Gasteiger partial charge is 0.241 e. The number of hydrogen-bond acceptors (Lipinski definition) is 3. The standard InChI is InChI=1S/C12H20N4O/c1-8-11(13)9(2)16(15-8)6-10(17)14-7-12(3)4-5-12/h4-7,13H2,1-3H3,(H,14,17). The van der Waals surface area contributed by atoms with Crippen molar-refractivity contribution in [2.45, 2.75) is 40.2 Å². The van der Waals surface area contributed by atoms with Crippen LogP contribution >= 0.6 is 0 Å². The van der Waals surface area contributed by atoms with Crippen molar-refractivity contribution in [2.24, 2.45) is 5.41 Å². The van der Waals surface area contributed by atoms with Crippen LogP contribution in [0.5, 0.6) is 0 Å². The molecule has 1 fully saturated rings. The number of nitrogen functional groups attached to an aromatic ring is 1. The second-order valence-electron chi connectivity index (χ2n) is 5.33. The molecule has 1 aliphatic rings. The Morgan fingerprint density at radius 2 is 2.18 bits per heavy atom. The van der Waals surface area contributed by atoms with E-state index in [0.717, 1.165) is 17.9 Å². The lowest BCUT2D eigenvalue weighted by atomic mass is 10.1. The van der Waals surface area contributed by atoms with E-state index in [1.807, 2.05) is 13.8 Å². The van der Waals surface area contributed by atoms with Crippen molar-refractivity contribution < 1.29 is 4.79 Å². The van der Waals surface area contributed by atoms with E-state index in [1.165, 1.54) is 12.8 Å². The summed E-state index contributed by atoms with van der Waals surface area (Å²) in [4.78, 5) is 11.7. The van der Waals surface area contributed by atoms with Gasteiger partial charge in [-0.1, -0.05) is 6.92 Å².